The lowest BCUT2D eigenvalue weighted by molar-refractivity contribution is -0.155. The van der Waals surface area contributed by atoms with Gasteiger partial charge in [0.15, 0.2) is 5.54 Å². The van der Waals surface area contributed by atoms with Gasteiger partial charge in [0.2, 0.25) is 0 Å². The maximum atomic E-state index is 13.2. The first kappa shape index (κ1) is 14.5. The average molecular weight is 307 g/mol. The standard InChI is InChI=1S/C20H21NO2/c1-2-23-19(22)20(21-13-7-8-14-21)17-11-5-3-9-15(17)16-10-4-6-12-18(16)20/h3-6,9-12H,2,7-8,13-14H2,1H3. The number of likely N-dealkylation sites (tertiary alicyclic amines) is 1. The minimum atomic E-state index is -0.778. The molecule has 118 valence electrons. The van der Waals surface area contributed by atoms with Gasteiger partial charge in [-0.1, -0.05) is 48.5 Å². The van der Waals surface area contributed by atoms with E-state index in [-0.39, 0.29) is 5.97 Å². The molecule has 3 nitrogen and oxygen atoms in total. The van der Waals surface area contributed by atoms with E-state index in [9.17, 15) is 4.79 Å². The Bertz CT molecular complexity index is 701. The Morgan fingerprint density at radius 3 is 2.04 bits per heavy atom. The minimum Gasteiger partial charge on any atom is -0.464 e. The second-order valence-corrected chi connectivity index (χ2v) is 6.22. The molecule has 0 unspecified atom stereocenters. The lowest BCUT2D eigenvalue weighted by Gasteiger charge is -2.38. The van der Waals surface area contributed by atoms with E-state index < -0.39 is 5.54 Å². The number of esters is 1. The molecule has 4 rings (SSSR count). The molecule has 2 aromatic rings. The van der Waals surface area contributed by atoms with Crippen LogP contribution in [0.25, 0.3) is 11.1 Å². The molecular formula is C20H21NO2. The molecule has 23 heavy (non-hydrogen) atoms. The van der Waals surface area contributed by atoms with Crippen molar-refractivity contribution in [3.8, 4) is 11.1 Å². The van der Waals surface area contributed by atoms with Gasteiger partial charge in [-0.2, -0.15) is 0 Å². The summed E-state index contributed by atoms with van der Waals surface area (Å²) < 4.78 is 5.57. The van der Waals surface area contributed by atoms with Crippen molar-refractivity contribution in [2.24, 2.45) is 0 Å². The van der Waals surface area contributed by atoms with Gasteiger partial charge in [-0.3, -0.25) is 4.90 Å². The Kier molecular flexibility index (Phi) is 3.46. The Labute approximate surface area is 136 Å². The smallest absolute Gasteiger partial charge is 0.335 e. The molecule has 1 aliphatic carbocycles. The third kappa shape index (κ3) is 1.89. The summed E-state index contributed by atoms with van der Waals surface area (Å²) in [7, 11) is 0. The highest BCUT2D eigenvalue weighted by Crippen LogP contribution is 2.52. The Hall–Kier alpha value is -2.13. The minimum absolute atomic E-state index is 0.140. The molecule has 0 radical (unpaired) electrons. The number of hydrogen-bond donors (Lipinski definition) is 0. The number of carbonyl (C=O) groups is 1. The van der Waals surface area contributed by atoms with Crippen LogP contribution in [0, 0.1) is 0 Å². The predicted octanol–water partition coefficient (Wildman–Crippen LogP) is 3.57. The third-order valence-corrected chi connectivity index (χ3v) is 5.08. The van der Waals surface area contributed by atoms with Gasteiger partial charge >= 0.3 is 5.97 Å². The molecular weight excluding hydrogens is 286 g/mol. The van der Waals surface area contributed by atoms with Gasteiger partial charge in [0.25, 0.3) is 0 Å². The molecule has 1 aliphatic heterocycles. The quantitative estimate of drug-likeness (QED) is 0.812. The van der Waals surface area contributed by atoms with Crippen LogP contribution in [-0.4, -0.2) is 30.6 Å². The molecule has 1 fully saturated rings. The maximum Gasteiger partial charge on any atom is 0.335 e. The van der Waals surface area contributed by atoms with Gasteiger partial charge in [-0.25, -0.2) is 4.79 Å². The Morgan fingerprint density at radius 2 is 1.52 bits per heavy atom. The Balaban J connectivity index is 2.02. The normalized spacial score (nSPS) is 18.5. The van der Waals surface area contributed by atoms with Gasteiger partial charge in [0.05, 0.1) is 6.61 Å². The summed E-state index contributed by atoms with van der Waals surface area (Å²) in [4.78, 5) is 15.5. The highest BCUT2D eigenvalue weighted by atomic mass is 16.5. The molecule has 0 atom stereocenters. The molecule has 1 saturated heterocycles. The van der Waals surface area contributed by atoms with E-state index in [1.807, 2.05) is 31.2 Å². The highest BCUT2D eigenvalue weighted by Gasteiger charge is 2.54. The van der Waals surface area contributed by atoms with Crippen LogP contribution in [-0.2, 0) is 15.1 Å². The molecule has 0 saturated carbocycles. The first-order valence-electron chi connectivity index (χ1n) is 8.41. The maximum absolute atomic E-state index is 13.2. The van der Waals surface area contributed by atoms with Crippen LogP contribution < -0.4 is 0 Å². The van der Waals surface area contributed by atoms with E-state index >= 15 is 0 Å². The molecule has 2 aromatic carbocycles. The monoisotopic (exact) mass is 307 g/mol. The molecule has 0 aromatic heterocycles. The summed E-state index contributed by atoms with van der Waals surface area (Å²) in [6, 6.07) is 16.5. The molecule has 0 spiro atoms. The first-order valence-corrected chi connectivity index (χ1v) is 8.41. The average Bonchev–Trinajstić information content (AvgIpc) is 3.20. The fraction of sp³-hybridized carbons (Fsp3) is 0.350. The number of benzene rings is 2. The SMILES string of the molecule is CCOC(=O)C1(N2CCCC2)c2ccccc2-c2ccccc21. The second-order valence-electron chi connectivity index (χ2n) is 6.22. The van der Waals surface area contributed by atoms with Gasteiger partial charge < -0.3 is 4.74 Å². The Morgan fingerprint density at radius 1 is 1.00 bits per heavy atom. The van der Waals surface area contributed by atoms with Gasteiger partial charge in [0.1, 0.15) is 0 Å². The second kappa shape index (κ2) is 5.50. The van der Waals surface area contributed by atoms with Crippen LogP contribution in [0.3, 0.4) is 0 Å². The molecule has 1 heterocycles. The van der Waals surface area contributed by atoms with Crippen molar-refractivity contribution in [1.29, 1.82) is 0 Å². The van der Waals surface area contributed by atoms with E-state index in [1.165, 1.54) is 0 Å². The van der Waals surface area contributed by atoms with E-state index in [4.69, 9.17) is 4.74 Å². The van der Waals surface area contributed by atoms with Crippen LogP contribution in [0.5, 0.6) is 0 Å². The number of ether oxygens (including phenoxy) is 1. The molecule has 2 aliphatic rings. The fourth-order valence-corrected chi connectivity index (χ4v) is 4.19. The van der Waals surface area contributed by atoms with Crippen molar-refractivity contribution >= 4 is 5.97 Å². The number of carbonyl (C=O) groups excluding carboxylic acids is 1. The fourth-order valence-electron chi connectivity index (χ4n) is 4.19. The third-order valence-electron chi connectivity index (χ3n) is 5.08. The summed E-state index contributed by atoms with van der Waals surface area (Å²) in [6.07, 6.45) is 2.26. The number of hydrogen-bond acceptors (Lipinski definition) is 3. The van der Waals surface area contributed by atoms with Gasteiger partial charge in [-0.15, -0.1) is 0 Å². The van der Waals surface area contributed by atoms with Crippen molar-refractivity contribution in [2.45, 2.75) is 25.3 Å². The highest BCUT2D eigenvalue weighted by molar-refractivity contribution is 5.97. The van der Waals surface area contributed by atoms with Crippen molar-refractivity contribution < 1.29 is 9.53 Å². The van der Waals surface area contributed by atoms with Crippen molar-refractivity contribution in [3.05, 3.63) is 59.7 Å². The lowest BCUT2D eigenvalue weighted by Crippen LogP contribution is -2.51. The summed E-state index contributed by atoms with van der Waals surface area (Å²) in [5.74, 6) is -0.140. The molecule has 0 bridgehead atoms. The summed E-state index contributed by atoms with van der Waals surface area (Å²) in [5.41, 5.74) is 3.67. The van der Waals surface area contributed by atoms with Crippen LogP contribution in [0.15, 0.2) is 48.5 Å². The van der Waals surface area contributed by atoms with E-state index in [0.717, 1.165) is 48.2 Å². The largest absolute Gasteiger partial charge is 0.464 e. The zero-order valence-electron chi connectivity index (χ0n) is 13.4. The van der Waals surface area contributed by atoms with E-state index in [1.54, 1.807) is 0 Å². The van der Waals surface area contributed by atoms with Crippen LogP contribution >= 0.6 is 0 Å². The van der Waals surface area contributed by atoms with Crippen LogP contribution in [0.1, 0.15) is 30.9 Å². The van der Waals surface area contributed by atoms with E-state index in [0.29, 0.717) is 6.61 Å². The van der Waals surface area contributed by atoms with Crippen molar-refractivity contribution in [1.82, 2.24) is 4.90 Å². The summed E-state index contributed by atoms with van der Waals surface area (Å²) in [5, 5.41) is 0. The van der Waals surface area contributed by atoms with Crippen LogP contribution in [0.4, 0.5) is 0 Å². The number of nitrogens with zero attached hydrogens (tertiary/aromatic N) is 1. The van der Waals surface area contributed by atoms with E-state index in [2.05, 4.69) is 29.2 Å². The molecule has 0 amide bonds. The topological polar surface area (TPSA) is 29.5 Å². The summed E-state index contributed by atoms with van der Waals surface area (Å²) in [6.45, 7) is 4.14. The predicted molar refractivity (Wildman–Crippen MR) is 90.1 cm³/mol. The molecule has 0 N–H and O–H groups in total. The zero-order chi connectivity index (χ0) is 15.9. The number of rotatable bonds is 3. The zero-order valence-corrected chi connectivity index (χ0v) is 13.4. The number of fused-ring (bicyclic) bond motifs is 3. The molecule has 3 heteroatoms. The van der Waals surface area contributed by atoms with Crippen molar-refractivity contribution in [3.63, 3.8) is 0 Å². The first-order chi connectivity index (χ1) is 11.3. The van der Waals surface area contributed by atoms with Gasteiger partial charge in [0, 0.05) is 0 Å². The van der Waals surface area contributed by atoms with Crippen LogP contribution in [0.2, 0.25) is 0 Å². The lowest BCUT2D eigenvalue weighted by atomic mass is 9.85. The summed E-state index contributed by atoms with van der Waals surface area (Å²) >= 11 is 0. The van der Waals surface area contributed by atoms with Crippen molar-refractivity contribution in [2.75, 3.05) is 19.7 Å². The van der Waals surface area contributed by atoms with Gasteiger partial charge in [-0.05, 0) is 55.1 Å².